The molecule has 1 aliphatic rings. The van der Waals surface area contributed by atoms with Gasteiger partial charge in [0.2, 0.25) is 0 Å². The molecule has 2 N–H and O–H groups in total. The SMILES string of the molecule is Cc1c(CCF)cccc1[C@@H]1N=C(c2nccs2)NC(CBr)=C1C(=O)O. The number of benzene rings is 1. The fourth-order valence-electron chi connectivity index (χ4n) is 3.00. The number of alkyl halides is 2. The lowest BCUT2D eigenvalue weighted by molar-refractivity contribution is -0.133. The fourth-order valence-corrected chi connectivity index (χ4v) is 4.03. The number of aromatic nitrogens is 1. The summed E-state index contributed by atoms with van der Waals surface area (Å²) in [4.78, 5) is 20.9. The fraction of sp³-hybridized carbons (Fsp3) is 0.278. The second-order valence-corrected chi connectivity index (χ2v) is 7.20. The zero-order valence-electron chi connectivity index (χ0n) is 14.0. The smallest absolute Gasteiger partial charge is 0.335 e. The van der Waals surface area contributed by atoms with Crippen LogP contribution in [0.15, 0.2) is 46.0 Å². The average molecular weight is 438 g/mol. The predicted octanol–water partition coefficient (Wildman–Crippen LogP) is 3.79. The van der Waals surface area contributed by atoms with Crippen LogP contribution in [0.5, 0.6) is 0 Å². The maximum atomic E-state index is 12.8. The van der Waals surface area contributed by atoms with Gasteiger partial charge in [0.1, 0.15) is 6.04 Å². The number of hydrogen-bond acceptors (Lipinski definition) is 5. The highest BCUT2D eigenvalue weighted by molar-refractivity contribution is 9.09. The van der Waals surface area contributed by atoms with Gasteiger partial charge in [0.25, 0.3) is 0 Å². The average Bonchev–Trinajstić information content (AvgIpc) is 3.17. The molecule has 1 aromatic heterocycles. The maximum absolute atomic E-state index is 12.8. The molecule has 0 radical (unpaired) electrons. The van der Waals surface area contributed by atoms with E-state index in [1.807, 2.05) is 30.5 Å². The van der Waals surface area contributed by atoms with Crippen molar-refractivity contribution in [3.8, 4) is 0 Å². The number of aliphatic carboxylic acids is 1. The van der Waals surface area contributed by atoms with Crippen LogP contribution < -0.4 is 5.32 Å². The summed E-state index contributed by atoms with van der Waals surface area (Å²) in [7, 11) is 0. The molecular weight excluding hydrogens is 421 g/mol. The molecule has 1 aromatic carbocycles. The van der Waals surface area contributed by atoms with Gasteiger partial charge in [-0.3, -0.25) is 9.38 Å². The van der Waals surface area contributed by atoms with E-state index >= 15 is 0 Å². The van der Waals surface area contributed by atoms with Gasteiger partial charge in [-0.05, 0) is 23.6 Å². The number of thiazole rings is 1. The number of nitrogens with zero attached hydrogens (tertiary/aromatic N) is 2. The van der Waals surface area contributed by atoms with Crippen molar-refractivity contribution >= 4 is 39.1 Å². The standard InChI is InChI=1S/C18H17BrFN3O2S/c1-10-11(5-6-20)3-2-4-12(10)15-14(18(24)25)13(9-19)22-16(23-15)17-21-7-8-26-17/h2-4,7-8,15H,5-6,9H2,1H3,(H,22,23)(H,24,25)/t15-/m0/s1. The van der Waals surface area contributed by atoms with Crippen molar-refractivity contribution in [1.82, 2.24) is 10.3 Å². The second-order valence-electron chi connectivity index (χ2n) is 5.74. The number of aryl methyl sites for hydroxylation is 1. The summed E-state index contributed by atoms with van der Waals surface area (Å²) >= 11 is 4.79. The third kappa shape index (κ3) is 3.57. The number of rotatable bonds is 6. The van der Waals surface area contributed by atoms with Gasteiger partial charge in [-0.15, -0.1) is 11.3 Å². The third-order valence-electron chi connectivity index (χ3n) is 4.27. The Labute approximate surface area is 162 Å². The number of aliphatic imine (C=N–C) groups is 1. The van der Waals surface area contributed by atoms with E-state index in [1.165, 1.54) is 11.3 Å². The molecule has 1 atom stereocenters. The number of carboxylic acid groups (broad SMARTS) is 1. The van der Waals surface area contributed by atoms with Crippen molar-refractivity contribution in [2.24, 2.45) is 4.99 Å². The van der Waals surface area contributed by atoms with E-state index in [1.54, 1.807) is 6.20 Å². The molecule has 0 fully saturated rings. The number of halogens is 2. The third-order valence-corrected chi connectivity index (χ3v) is 5.61. The van der Waals surface area contributed by atoms with Gasteiger partial charge in [0, 0.05) is 29.0 Å². The molecule has 26 heavy (non-hydrogen) atoms. The Morgan fingerprint density at radius 3 is 2.88 bits per heavy atom. The molecule has 0 amide bonds. The summed E-state index contributed by atoms with van der Waals surface area (Å²) in [5.41, 5.74) is 3.22. The number of hydrogen-bond donors (Lipinski definition) is 2. The minimum absolute atomic E-state index is 0.183. The summed E-state index contributed by atoms with van der Waals surface area (Å²) < 4.78 is 12.8. The molecule has 1 aliphatic heterocycles. The monoisotopic (exact) mass is 437 g/mol. The van der Waals surface area contributed by atoms with Crippen LogP contribution >= 0.6 is 27.3 Å². The molecule has 0 aliphatic carbocycles. The molecule has 2 heterocycles. The molecule has 0 saturated heterocycles. The predicted molar refractivity (Wildman–Crippen MR) is 104 cm³/mol. The molecule has 8 heteroatoms. The summed E-state index contributed by atoms with van der Waals surface area (Å²) in [6, 6.07) is 4.85. The Kier molecular flexibility index (Phi) is 5.83. The minimum atomic E-state index is -1.03. The topological polar surface area (TPSA) is 74.6 Å². The van der Waals surface area contributed by atoms with Crippen molar-refractivity contribution in [2.45, 2.75) is 19.4 Å². The van der Waals surface area contributed by atoms with E-state index in [0.717, 1.165) is 16.7 Å². The Bertz CT molecular complexity index is 881. The first kappa shape index (κ1) is 18.7. The quantitative estimate of drug-likeness (QED) is 0.674. The van der Waals surface area contributed by atoms with E-state index in [9.17, 15) is 14.3 Å². The van der Waals surface area contributed by atoms with Gasteiger partial charge in [0.15, 0.2) is 10.8 Å². The number of carboxylic acids is 1. The van der Waals surface area contributed by atoms with Crippen LogP contribution in [0.3, 0.4) is 0 Å². The lowest BCUT2D eigenvalue weighted by atomic mass is 9.90. The number of amidine groups is 1. The van der Waals surface area contributed by atoms with E-state index in [-0.39, 0.29) is 5.57 Å². The summed E-state index contributed by atoms with van der Waals surface area (Å²) in [5, 5.41) is 15.8. The van der Waals surface area contributed by atoms with Gasteiger partial charge < -0.3 is 10.4 Å². The lowest BCUT2D eigenvalue weighted by Gasteiger charge is -2.26. The summed E-state index contributed by atoms with van der Waals surface area (Å²) in [6.07, 6.45) is 1.97. The maximum Gasteiger partial charge on any atom is 0.335 e. The lowest BCUT2D eigenvalue weighted by Crippen LogP contribution is -2.34. The zero-order chi connectivity index (χ0) is 18.7. The zero-order valence-corrected chi connectivity index (χ0v) is 16.4. The van der Waals surface area contributed by atoms with Crippen molar-refractivity contribution in [2.75, 3.05) is 12.0 Å². The summed E-state index contributed by atoms with van der Waals surface area (Å²) in [5.74, 6) is -0.492. The highest BCUT2D eigenvalue weighted by Crippen LogP contribution is 2.35. The van der Waals surface area contributed by atoms with Crippen LogP contribution in [0, 0.1) is 6.92 Å². The molecule has 0 bridgehead atoms. The molecule has 136 valence electrons. The Morgan fingerprint density at radius 1 is 1.46 bits per heavy atom. The summed E-state index contributed by atoms with van der Waals surface area (Å²) in [6.45, 7) is 1.42. The van der Waals surface area contributed by atoms with Gasteiger partial charge >= 0.3 is 5.97 Å². The molecule has 5 nitrogen and oxygen atoms in total. The largest absolute Gasteiger partial charge is 0.478 e. The van der Waals surface area contributed by atoms with E-state index in [0.29, 0.717) is 28.3 Å². The first-order valence-corrected chi connectivity index (χ1v) is 9.98. The highest BCUT2D eigenvalue weighted by Gasteiger charge is 2.32. The Morgan fingerprint density at radius 2 is 2.27 bits per heavy atom. The Balaban J connectivity index is 2.16. The Hall–Kier alpha value is -2.06. The van der Waals surface area contributed by atoms with Crippen LogP contribution in [0.25, 0.3) is 0 Å². The van der Waals surface area contributed by atoms with Crippen LogP contribution in [0.2, 0.25) is 0 Å². The highest BCUT2D eigenvalue weighted by atomic mass is 79.9. The minimum Gasteiger partial charge on any atom is -0.478 e. The molecule has 2 aromatic rings. The van der Waals surface area contributed by atoms with Gasteiger partial charge in [0.05, 0.1) is 12.2 Å². The van der Waals surface area contributed by atoms with Crippen LogP contribution in [-0.4, -0.2) is 33.9 Å². The first-order valence-electron chi connectivity index (χ1n) is 7.98. The molecule has 0 saturated carbocycles. The molecule has 3 rings (SSSR count). The molecule has 0 spiro atoms. The number of carbonyl (C=O) groups is 1. The normalized spacial score (nSPS) is 17.0. The first-order chi connectivity index (χ1) is 12.6. The van der Waals surface area contributed by atoms with E-state index in [2.05, 4.69) is 31.2 Å². The van der Waals surface area contributed by atoms with Crippen molar-refractivity contribution in [3.05, 3.63) is 62.7 Å². The van der Waals surface area contributed by atoms with Crippen LogP contribution in [0.1, 0.15) is 27.7 Å². The molecular formula is C18H17BrFN3O2S. The molecule has 0 unspecified atom stereocenters. The van der Waals surface area contributed by atoms with Crippen LogP contribution in [-0.2, 0) is 11.2 Å². The van der Waals surface area contributed by atoms with Crippen LogP contribution in [0.4, 0.5) is 4.39 Å². The number of nitrogens with one attached hydrogen (secondary N) is 1. The van der Waals surface area contributed by atoms with Gasteiger partial charge in [-0.25, -0.2) is 9.78 Å². The van der Waals surface area contributed by atoms with Gasteiger partial charge in [-0.1, -0.05) is 34.1 Å². The van der Waals surface area contributed by atoms with Gasteiger partial charge in [-0.2, -0.15) is 0 Å². The number of allylic oxidation sites excluding steroid dienone is 1. The van der Waals surface area contributed by atoms with E-state index in [4.69, 9.17) is 0 Å². The van der Waals surface area contributed by atoms with E-state index < -0.39 is 18.7 Å². The van der Waals surface area contributed by atoms with Crippen molar-refractivity contribution in [1.29, 1.82) is 0 Å². The second kappa shape index (κ2) is 8.09. The van der Waals surface area contributed by atoms with Crippen molar-refractivity contribution < 1.29 is 14.3 Å². The van der Waals surface area contributed by atoms with Crippen molar-refractivity contribution in [3.63, 3.8) is 0 Å².